The van der Waals surface area contributed by atoms with E-state index in [0.29, 0.717) is 22.9 Å². The minimum Gasteiger partial charge on any atom is -0.339 e. The van der Waals surface area contributed by atoms with Gasteiger partial charge in [-0.2, -0.15) is 5.10 Å². The monoisotopic (exact) mass is 434 g/mol. The van der Waals surface area contributed by atoms with E-state index in [9.17, 15) is 8.42 Å². The van der Waals surface area contributed by atoms with E-state index in [1.54, 1.807) is 54.1 Å². The lowest BCUT2D eigenvalue weighted by Gasteiger charge is -2.12. The number of aryl methyl sites for hydroxylation is 3. The maximum Gasteiger partial charge on any atom is 0.262 e. The van der Waals surface area contributed by atoms with Crippen LogP contribution < -0.4 is 10.0 Å². The van der Waals surface area contributed by atoms with E-state index >= 15 is 0 Å². The van der Waals surface area contributed by atoms with Crippen molar-refractivity contribution < 1.29 is 8.42 Å². The maximum absolute atomic E-state index is 12.7. The summed E-state index contributed by atoms with van der Waals surface area (Å²) in [7, 11) is -3.67. The number of anilines is 3. The second kappa shape index (κ2) is 8.19. The largest absolute Gasteiger partial charge is 0.339 e. The van der Waals surface area contributed by atoms with Gasteiger partial charge in [0.1, 0.15) is 0 Å². The summed E-state index contributed by atoms with van der Waals surface area (Å²) in [6.07, 6.45) is 1.82. The molecule has 0 spiro atoms. The third-order valence-corrected chi connectivity index (χ3v) is 6.17. The highest BCUT2D eigenvalue weighted by atomic mass is 32.2. The number of aromatic nitrogens is 4. The zero-order valence-electron chi connectivity index (χ0n) is 17.4. The fourth-order valence-electron chi connectivity index (χ4n) is 3.03. The molecule has 2 aromatic heterocycles. The van der Waals surface area contributed by atoms with Gasteiger partial charge in [-0.15, -0.1) is 10.2 Å². The Morgan fingerprint density at radius 2 is 1.58 bits per heavy atom. The van der Waals surface area contributed by atoms with Crippen LogP contribution >= 0.6 is 0 Å². The second-order valence-electron chi connectivity index (χ2n) is 7.26. The summed E-state index contributed by atoms with van der Waals surface area (Å²) >= 11 is 0. The summed E-state index contributed by atoms with van der Waals surface area (Å²) in [5.41, 5.74) is 3.72. The predicted molar refractivity (Wildman–Crippen MR) is 120 cm³/mol. The van der Waals surface area contributed by atoms with Gasteiger partial charge in [0.15, 0.2) is 11.6 Å². The number of hydrogen-bond acceptors (Lipinski definition) is 6. The van der Waals surface area contributed by atoms with Crippen LogP contribution in [0.25, 0.3) is 5.82 Å². The molecular formula is C22H22N6O2S. The summed E-state index contributed by atoms with van der Waals surface area (Å²) < 4.78 is 29.8. The Balaban J connectivity index is 1.45. The molecule has 0 aliphatic heterocycles. The molecule has 2 N–H and O–H groups in total. The van der Waals surface area contributed by atoms with Gasteiger partial charge in [-0.1, -0.05) is 12.1 Å². The minimum atomic E-state index is -3.67. The molecule has 4 rings (SSSR count). The molecule has 4 aromatic rings. The molecule has 0 bridgehead atoms. The molecule has 0 fully saturated rings. The van der Waals surface area contributed by atoms with Gasteiger partial charge < -0.3 is 5.32 Å². The Bertz CT molecular complexity index is 1310. The number of benzene rings is 2. The van der Waals surface area contributed by atoms with E-state index in [-0.39, 0.29) is 4.90 Å². The van der Waals surface area contributed by atoms with Gasteiger partial charge in [0, 0.05) is 17.6 Å². The van der Waals surface area contributed by atoms with Gasteiger partial charge in [0.25, 0.3) is 10.0 Å². The number of sulfonamides is 1. The molecule has 0 radical (unpaired) electrons. The molecule has 0 atom stereocenters. The Hall–Kier alpha value is -3.72. The number of nitrogens with one attached hydrogen (secondary N) is 2. The average Bonchev–Trinajstić information content (AvgIpc) is 3.18. The topological polar surface area (TPSA) is 102 Å². The highest BCUT2D eigenvalue weighted by Gasteiger charge is 2.17. The first kappa shape index (κ1) is 20.5. The fourth-order valence-corrected chi connectivity index (χ4v) is 4.42. The molecule has 2 aromatic carbocycles. The van der Waals surface area contributed by atoms with Crippen LogP contribution in [-0.2, 0) is 10.0 Å². The molecule has 9 heteroatoms. The lowest BCUT2D eigenvalue weighted by molar-refractivity contribution is 0.600. The summed E-state index contributed by atoms with van der Waals surface area (Å²) in [5, 5.41) is 15.8. The molecule has 31 heavy (non-hydrogen) atoms. The molecule has 0 aliphatic carbocycles. The first-order valence-corrected chi connectivity index (χ1v) is 11.1. The lowest BCUT2D eigenvalue weighted by Crippen LogP contribution is -2.14. The van der Waals surface area contributed by atoms with E-state index in [2.05, 4.69) is 25.3 Å². The van der Waals surface area contributed by atoms with Crippen molar-refractivity contribution in [3.8, 4) is 5.82 Å². The lowest BCUT2D eigenvalue weighted by atomic mass is 10.2. The average molecular weight is 435 g/mol. The standard InChI is InChI=1S/C22H22N6O2S/c1-15-4-5-16(2)20(14-15)31(29,30)27-19-8-6-18(7-9-19)23-21-10-11-22(25-24-21)28-13-12-17(3)26-28/h4-14,27H,1-3H3,(H,23,24). The molecule has 0 saturated carbocycles. The normalized spacial score (nSPS) is 11.3. The summed E-state index contributed by atoms with van der Waals surface area (Å²) in [6, 6.07) is 17.8. The van der Waals surface area contributed by atoms with Gasteiger partial charge in [0.2, 0.25) is 0 Å². The molecule has 0 unspecified atom stereocenters. The third kappa shape index (κ3) is 4.72. The quantitative estimate of drug-likeness (QED) is 0.473. The highest BCUT2D eigenvalue weighted by molar-refractivity contribution is 7.92. The molecule has 8 nitrogen and oxygen atoms in total. The van der Waals surface area contributed by atoms with Crippen LogP contribution in [0.15, 0.2) is 71.8 Å². The first-order valence-electron chi connectivity index (χ1n) is 9.64. The van der Waals surface area contributed by atoms with Crippen LogP contribution in [0.4, 0.5) is 17.2 Å². The minimum absolute atomic E-state index is 0.275. The Kier molecular flexibility index (Phi) is 5.43. The second-order valence-corrected chi connectivity index (χ2v) is 8.91. The van der Waals surface area contributed by atoms with Crippen molar-refractivity contribution in [2.75, 3.05) is 10.0 Å². The van der Waals surface area contributed by atoms with Crippen molar-refractivity contribution in [3.63, 3.8) is 0 Å². The molecule has 0 amide bonds. The van der Waals surface area contributed by atoms with E-state index < -0.39 is 10.0 Å². The van der Waals surface area contributed by atoms with Gasteiger partial charge in [-0.05, 0) is 80.4 Å². The molecule has 0 saturated heterocycles. The number of nitrogens with zero attached hydrogens (tertiary/aromatic N) is 4. The molecule has 2 heterocycles. The number of hydrogen-bond donors (Lipinski definition) is 2. The highest BCUT2D eigenvalue weighted by Crippen LogP contribution is 2.23. The maximum atomic E-state index is 12.7. The van der Waals surface area contributed by atoms with Crippen LogP contribution in [0.5, 0.6) is 0 Å². The van der Waals surface area contributed by atoms with Crippen molar-refractivity contribution in [3.05, 3.63) is 83.7 Å². The van der Waals surface area contributed by atoms with Gasteiger partial charge in [0.05, 0.1) is 10.6 Å². The molecule has 158 valence electrons. The summed E-state index contributed by atoms with van der Waals surface area (Å²) in [5.74, 6) is 1.19. The van der Waals surface area contributed by atoms with Gasteiger partial charge in [-0.25, -0.2) is 13.1 Å². The fraction of sp³-hybridized carbons (Fsp3) is 0.136. The van der Waals surface area contributed by atoms with Crippen LogP contribution in [0.1, 0.15) is 16.8 Å². The zero-order valence-corrected chi connectivity index (χ0v) is 18.2. The Labute approximate surface area is 181 Å². The van der Waals surface area contributed by atoms with Gasteiger partial charge >= 0.3 is 0 Å². The Morgan fingerprint density at radius 1 is 0.839 bits per heavy atom. The summed E-state index contributed by atoms with van der Waals surface area (Å²) in [6.45, 7) is 5.55. The molecule has 0 aliphatic rings. The third-order valence-electron chi connectivity index (χ3n) is 4.65. The SMILES string of the molecule is Cc1ccc(C)c(S(=O)(=O)Nc2ccc(Nc3ccc(-n4ccc(C)n4)nn3)cc2)c1. The van der Waals surface area contributed by atoms with E-state index in [0.717, 1.165) is 16.9 Å². The van der Waals surface area contributed by atoms with E-state index in [1.807, 2.05) is 38.2 Å². The predicted octanol–water partition coefficient (Wildman–Crippen LogP) is 4.13. The van der Waals surface area contributed by atoms with Crippen molar-refractivity contribution >= 4 is 27.2 Å². The van der Waals surface area contributed by atoms with Gasteiger partial charge in [-0.3, -0.25) is 4.72 Å². The van der Waals surface area contributed by atoms with E-state index in [4.69, 9.17) is 0 Å². The molecular weight excluding hydrogens is 412 g/mol. The smallest absolute Gasteiger partial charge is 0.262 e. The van der Waals surface area contributed by atoms with Crippen molar-refractivity contribution in [1.82, 2.24) is 20.0 Å². The number of rotatable bonds is 6. The van der Waals surface area contributed by atoms with Crippen LogP contribution in [0.3, 0.4) is 0 Å². The summed E-state index contributed by atoms with van der Waals surface area (Å²) in [4.78, 5) is 0.275. The zero-order chi connectivity index (χ0) is 22.0. The van der Waals surface area contributed by atoms with Crippen LogP contribution in [-0.4, -0.2) is 28.4 Å². The van der Waals surface area contributed by atoms with Crippen molar-refractivity contribution in [2.45, 2.75) is 25.7 Å². The van der Waals surface area contributed by atoms with Crippen molar-refractivity contribution in [1.29, 1.82) is 0 Å². The van der Waals surface area contributed by atoms with Crippen molar-refractivity contribution in [2.24, 2.45) is 0 Å². The first-order chi connectivity index (χ1) is 14.8. The Morgan fingerprint density at radius 3 is 2.23 bits per heavy atom. The van der Waals surface area contributed by atoms with E-state index in [1.165, 1.54) is 0 Å². The van der Waals surface area contributed by atoms with Crippen LogP contribution in [0.2, 0.25) is 0 Å². The van der Waals surface area contributed by atoms with Crippen LogP contribution in [0, 0.1) is 20.8 Å².